The molecule has 114 valence electrons. The van der Waals surface area contributed by atoms with E-state index in [4.69, 9.17) is 0 Å². The Hall–Kier alpha value is -0.910. The normalized spacial score (nSPS) is 30.1. The van der Waals surface area contributed by atoms with Gasteiger partial charge in [-0.2, -0.15) is 11.8 Å². The molecule has 0 aromatic carbocycles. The molecule has 0 radical (unpaired) electrons. The predicted octanol–water partition coefficient (Wildman–Crippen LogP) is 2.12. The number of carboxylic acid groups (broad SMARTS) is 1. The fourth-order valence-electron chi connectivity index (χ4n) is 2.93. The van der Waals surface area contributed by atoms with Crippen molar-refractivity contribution in [2.24, 2.45) is 5.92 Å². The fraction of sp³-hybridized carbons (Fsp3) is 0.857. The fourth-order valence-corrected chi connectivity index (χ4v) is 4.03. The highest BCUT2D eigenvalue weighted by atomic mass is 32.2. The summed E-state index contributed by atoms with van der Waals surface area (Å²) in [4.78, 5) is 27.3. The molecule has 2 atom stereocenters. The molecule has 0 saturated carbocycles. The number of hydrogen-bond donors (Lipinski definition) is 1. The van der Waals surface area contributed by atoms with E-state index in [1.54, 1.807) is 4.90 Å². The van der Waals surface area contributed by atoms with Crippen molar-refractivity contribution in [2.45, 2.75) is 44.4 Å². The van der Waals surface area contributed by atoms with Gasteiger partial charge in [-0.15, -0.1) is 0 Å². The Morgan fingerprint density at radius 3 is 2.60 bits per heavy atom. The molecule has 20 heavy (non-hydrogen) atoms. The lowest BCUT2D eigenvalue weighted by atomic mass is 10.0. The van der Waals surface area contributed by atoms with E-state index in [9.17, 15) is 14.7 Å². The molecule has 0 spiro atoms. The Balaban J connectivity index is 2.05. The van der Waals surface area contributed by atoms with Crippen molar-refractivity contribution in [3.8, 4) is 0 Å². The highest BCUT2D eigenvalue weighted by Gasteiger charge is 2.41. The molecule has 2 aliphatic heterocycles. The average Bonchev–Trinajstić information content (AvgIpc) is 2.64. The smallest absolute Gasteiger partial charge is 0.326 e. The first kappa shape index (κ1) is 15.5. The SMILES string of the molecule is CC1CCN(C(=O)N2CCSC(C)(C)CC2)C1C(=O)O. The molecule has 6 heteroatoms. The first-order valence-electron chi connectivity index (χ1n) is 7.24. The summed E-state index contributed by atoms with van der Waals surface area (Å²) in [6.45, 7) is 8.30. The molecule has 2 heterocycles. The maximum absolute atomic E-state index is 12.6. The van der Waals surface area contributed by atoms with Crippen LogP contribution in [0, 0.1) is 5.92 Å². The van der Waals surface area contributed by atoms with Crippen LogP contribution in [0.1, 0.15) is 33.6 Å². The van der Waals surface area contributed by atoms with Gasteiger partial charge in [0.15, 0.2) is 0 Å². The third kappa shape index (κ3) is 3.22. The second-order valence-electron chi connectivity index (χ2n) is 6.37. The Morgan fingerprint density at radius 2 is 1.95 bits per heavy atom. The quantitative estimate of drug-likeness (QED) is 0.806. The number of likely N-dealkylation sites (tertiary alicyclic amines) is 1. The zero-order valence-corrected chi connectivity index (χ0v) is 13.3. The number of nitrogens with zero attached hydrogens (tertiary/aromatic N) is 2. The van der Waals surface area contributed by atoms with E-state index in [1.165, 1.54) is 0 Å². The molecule has 0 bridgehead atoms. The lowest BCUT2D eigenvalue weighted by Crippen LogP contribution is -2.50. The van der Waals surface area contributed by atoms with Gasteiger partial charge in [-0.1, -0.05) is 20.8 Å². The molecule has 2 aliphatic rings. The number of amides is 2. The maximum Gasteiger partial charge on any atom is 0.326 e. The summed E-state index contributed by atoms with van der Waals surface area (Å²) >= 11 is 1.88. The number of carbonyl (C=O) groups excluding carboxylic acids is 1. The van der Waals surface area contributed by atoms with E-state index in [0.717, 1.165) is 25.1 Å². The first-order chi connectivity index (χ1) is 9.32. The summed E-state index contributed by atoms with van der Waals surface area (Å²) in [6.07, 6.45) is 1.72. The molecule has 2 saturated heterocycles. The number of carbonyl (C=O) groups is 2. The number of carboxylic acids is 1. The average molecular weight is 300 g/mol. The summed E-state index contributed by atoms with van der Waals surface area (Å²) < 4.78 is 0.194. The van der Waals surface area contributed by atoms with Gasteiger partial charge >= 0.3 is 12.0 Å². The van der Waals surface area contributed by atoms with Crippen molar-refractivity contribution in [3.63, 3.8) is 0 Å². The minimum absolute atomic E-state index is 0.0363. The molecule has 2 fully saturated rings. The number of thioether (sulfide) groups is 1. The Bertz CT molecular complexity index is 400. The van der Waals surface area contributed by atoms with Crippen LogP contribution in [0.5, 0.6) is 0 Å². The minimum Gasteiger partial charge on any atom is -0.480 e. The van der Waals surface area contributed by atoms with Crippen LogP contribution in [0.15, 0.2) is 0 Å². The van der Waals surface area contributed by atoms with E-state index in [1.807, 2.05) is 23.6 Å². The van der Waals surface area contributed by atoms with Crippen LogP contribution in [0.2, 0.25) is 0 Å². The molecular formula is C14H24N2O3S. The standard InChI is InChI=1S/C14H24N2O3S/c1-10-4-6-16(11(10)12(17)18)13(19)15-7-5-14(2,3)20-9-8-15/h10-11H,4-9H2,1-3H3,(H,17,18). The molecule has 1 N–H and O–H groups in total. The van der Waals surface area contributed by atoms with Gasteiger partial charge in [0, 0.05) is 30.1 Å². The van der Waals surface area contributed by atoms with Crippen LogP contribution in [0.25, 0.3) is 0 Å². The van der Waals surface area contributed by atoms with Crippen LogP contribution < -0.4 is 0 Å². The molecule has 0 aliphatic carbocycles. The Kier molecular flexibility index (Phi) is 4.52. The summed E-state index contributed by atoms with van der Waals surface area (Å²) in [7, 11) is 0. The van der Waals surface area contributed by atoms with Gasteiger partial charge in [0.2, 0.25) is 0 Å². The molecule has 0 aromatic rings. The van der Waals surface area contributed by atoms with E-state index < -0.39 is 12.0 Å². The largest absolute Gasteiger partial charge is 0.480 e. The van der Waals surface area contributed by atoms with E-state index >= 15 is 0 Å². The lowest BCUT2D eigenvalue weighted by molar-refractivity contribution is -0.142. The summed E-state index contributed by atoms with van der Waals surface area (Å²) in [6, 6.07) is -0.758. The molecular weight excluding hydrogens is 276 g/mol. The number of urea groups is 1. The zero-order chi connectivity index (χ0) is 14.9. The third-order valence-corrected chi connectivity index (χ3v) is 5.68. The number of rotatable bonds is 1. The predicted molar refractivity (Wildman–Crippen MR) is 80.0 cm³/mol. The van der Waals surface area contributed by atoms with E-state index in [2.05, 4.69) is 13.8 Å². The molecule has 2 unspecified atom stereocenters. The topological polar surface area (TPSA) is 60.9 Å². The third-order valence-electron chi connectivity index (χ3n) is 4.31. The summed E-state index contributed by atoms with van der Waals surface area (Å²) in [5.74, 6) is 0.0713. The van der Waals surface area contributed by atoms with Gasteiger partial charge in [0.25, 0.3) is 0 Å². The Morgan fingerprint density at radius 1 is 1.25 bits per heavy atom. The minimum atomic E-state index is -0.882. The van der Waals surface area contributed by atoms with Gasteiger partial charge < -0.3 is 14.9 Å². The van der Waals surface area contributed by atoms with E-state index in [-0.39, 0.29) is 16.7 Å². The van der Waals surface area contributed by atoms with Crippen molar-refractivity contribution < 1.29 is 14.7 Å². The summed E-state index contributed by atoms with van der Waals surface area (Å²) in [5, 5.41) is 9.32. The van der Waals surface area contributed by atoms with Crippen LogP contribution in [-0.4, -0.2) is 63.1 Å². The summed E-state index contributed by atoms with van der Waals surface area (Å²) in [5.41, 5.74) is 0. The highest BCUT2D eigenvalue weighted by Crippen LogP contribution is 2.32. The lowest BCUT2D eigenvalue weighted by Gasteiger charge is -2.30. The first-order valence-corrected chi connectivity index (χ1v) is 8.23. The van der Waals surface area contributed by atoms with Gasteiger partial charge in [-0.3, -0.25) is 0 Å². The van der Waals surface area contributed by atoms with Crippen LogP contribution in [0.3, 0.4) is 0 Å². The highest BCUT2D eigenvalue weighted by molar-refractivity contribution is 8.00. The van der Waals surface area contributed by atoms with Gasteiger partial charge in [0.05, 0.1) is 0 Å². The monoisotopic (exact) mass is 300 g/mol. The molecule has 2 amide bonds. The van der Waals surface area contributed by atoms with Crippen molar-refractivity contribution in [3.05, 3.63) is 0 Å². The number of hydrogen-bond acceptors (Lipinski definition) is 3. The van der Waals surface area contributed by atoms with Gasteiger partial charge in [-0.05, 0) is 18.8 Å². The zero-order valence-electron chi connectivity index (χ0n) is 12.5. The number of aliphatic carboxylic acids is 1. The van der Waals surface area contributed by atoms with Crippen molar-refractivity contribution in [1.82, 2.24) is 9.80 Å². The van der Waals surface area contributed by atoms with Crippen molar-refractivity contribution in [1.29, 1.82) is 0 Å². The van der Waals surface area contributed by atoms with Crippen LogP contribution in [-0.2, 0) is 4.79 Å². The Labute approximate surface area is 124 Å². The van der Waals surface area contributed by atoms with Crippen molar-refractivity contribution in [2.75, 3.05) is 25.4 Å². The van der Waals surface area contributed by atoms with E-state index in [0.29, 0.717) is 13.1 Å². The molecule has 0 aromatic heterocycles. The van der Waals surface area contributed by atoms with Gasteiger partial charge in [-0.25, -0.2) is 9.59 Å². The van der Waals surface area contributed by atoms with Crippen LogP contribution >= 0.6 is 11.8 Å². The van der Waals surface area contributed by atoms with Crippen LogP contribution in [0.4, 0.5) is 4.79 Å². The molecule has 2 rings (SSSR count). The van der Waals surface area contributed by atoms with Gasteiger partial charge in [0.1, 0.15) is 6.04 Å². The van der Waals surface area contributed by atoms with Crippen molar-refractivity contribution >= 4 is 23.8 Å². The second-order valence-corrected chi connectivity index (χ2v) is 8.17. The molecule has 5 nitrogen and oxygen atoms in total. The second kappa shape index (κ2) is 5.84. The maximum atomic E-state index is 12.6.